The Morgan fingerprint density at radius 1 is 1.03 bits per heavy atom. The molecule has 4 aromatic rings. The highest BCUT2D eigenvalue weighted by atomic mass is 35.5. The van der Waals surface area contributed by atoms with Crippen LogP contribution in [0, 0.1) is 5.82 Å². The summed E-state index contributed by atoms with van der Waals surface area (Å²) in [5.41, 5.74) is 2.06. The van der Waals surface area contributed by atoms with Gasteiger partial charge in [-0.15, -0.1) is 0 Å². The van der Waals surface area contributed by atoms with Crippen LogP contribution in [0.1, 0.15) is 5.56 Å². The van der Waals surface area contributed by atoms with Crippen molar-refractivity contribution in [3.05, 3.63) is 87.6 Å². The van der Waals surface area contributed by atoms with Crippen LogP contribution in [0.15, 0.2) is 65.5 Å². The van der Waals surface area contributed by atoms with Gasteiger partial charge in [0.05, 0.1) is 11.4 Å². The molecule has 0 spiro atoms. The minimum Gasteiger partial charge on any atom is -0.473 e. The van der Waals surface area contributed by atoms with E-state index in [0.717, 1.165) is 14.9 Å². The van der Waals surface area contributed by atoms with Gasteiger partial charge in [-0.2, -0.15) is 9.36 Å². The molecule has 0 atom stereocenters. The predicted molar refractivity (Wildman–Crippen MR) is 106 cm³/mol. The number of pyridine rings is 1. The fourth-order valence-corrected chi connectivity index (χ4v) is 3.00. The third-order valence-electron chi connectivity index (χ3n) is 4.27. The number of nitrogens with zero attached hydrogens (tertiary/aromatic N) is 5. The van der Waals surface area contributed by atoms with Gasteiger partial charge in [0.25, 0.3) is 0 Å². The molecular formula is C20H15ClFN5O2. The van der Waals surface area contributed by atoms with Crippen LogP contribution in [0.25, 0.3) is 16.9 Å². The SMILES string of the molecule is Cn1nnn(-c2cccc(Cl)c2COc2cccc(-c3ccc(F)cc3)n2)c1=O. The highest BCUT2D eigenvalue weighted by Gasteiger charge is 2.15. The molecule has 7 nitrogen and oxygen atoms in total. The number of hydrogen-bond acceptors (Lipinski definition) is 5. The van der Waals surface area contributed by atoms with Gasteiger partial charge in [0, 0.05) is 29.3 Å². The predicted octanol–water partition coefficient (Wildman–Crippen LogP) is 3.40. The molecule has 0 fully saturated rings. The number of tetrazole rings is 1. The topological polar surface area (TPSA) is 74.8 Å². The van der Waals surface area contributed by atoms with Gasteiger partial charge >= 0.3 is 5.69 Å². The Hall–Kier alpha value is -3.52. The second-order valence-corrected chi connectivity index (χ2v) is 6.60. The van der Waals surface area contributed by atoms with Crippen molar-refractivity contribution in [2.75, 3.05) is 0 Å². The highest BCUT2D eigenvalue weighted by molar-refractivity contribution is 6.31. The largest absolute Gasteiger partial charge is 0.473 e. The van der Waals surface area contributed by atoms with E-state index in [1.54, 1.807) is 48.5 Å². The fourth-order valence-electron chi connectivity index (χ4n) is 2.78. The van der Waals surface area contributed by atoms with Gasteiger partial charge in [-0.05, 0) is 52.9 Å². The van der Waals surface area contributed by atoms with E-state index in [4.69, 9.17) is 16.3 Å². The van der Waals surface area contributed by atoms with E-state index >= 15 is 0 Å². The molecule has 2 aromatic heterocycles. The Labute approximate surface area is 169 Å². The van der Waals surface area contributed by atoms with Crippen LogP contribution in [0.3, 0.4) is 0 Å². The molecule has 0 unspecified atom stereocenters. The van der Waals surface area contributed by atoms with Crippen molar-refractivity contribution in [3.8, 4) is 22.8 Å². The van der Waals surface area contributed by atoms with Gasteiger partial charge in [0.1, 0.15) is 12.4 Å². The number of aromatic nitrogens is 5. The molecular weight excluding hydrogens is 397 g/mol. The summed E-state index contributed by atoms with van der Waals surface area (Å²) in [6.45, 7) is 0.0674. The van der Waals surface area contributed by atoms with Gasteiger partial charge < -0.3 is 4.74 Å². The van der Waals surface area contributed by atoms with E-state index in [1.807, 2.05) is 0 Å². The van der Waals surface area contributed by atoms with E-state index in [0.29, 0.717) is 27.8 Å². The monoisotopic (exact) mass is 411 g/mol. The minimum atomic E-state index is -0.398. The summed E-state index contributed by atoms with van der Waals surface area (Å²) in [6.07, 6.45) is 0. The van der Waals surface area contributed by atoms with E-state index in [2.05, 4.69) is 15.4 Å². The Morgan fingerprint density at radius 3 is 2.52 bits per heavy atom. The number of benzene rings is 2. The first-order chi connectivity index (χ1) is 14.0. The molecule has 0 amide bonds. The molecule has 0 N–H and O–H groups in total. The summed E-state index contributed by atoms with van der Waals surface area (Å²) in [7, 11) is 1.51. The van der Waals surface area contributed by atoms with Crippen molar-refractivity contribution in [1.29, 1.82) is 0 Å². The zero-order valence-electron chi connectivity index (χ0n) is 15.3. The molecule has 4 rings (SSSR count). The molecule has 0 saturated heterocycles. The maximum Gasteiger partial charge on any atom is 0.368 e. The third-order valence-corrected chi connectivity index (χ3v) is 4.63. The molecule has 29 heavy (non-hydrogen) atoms. The number of halogens is 2. The van der Waals surface area contributed by atoms with Crippen LogP contribution in [0.4, 0.5) is 4.39 Å². The number of ether oxygens (including phenoxy) is 1. The summed E-state index contributed by atoms with van der Waals surface area (Å²) >= 11 is 6.34. The van der Waals surface area contributed by atoms with Crippen molar-refractivity contribution >= 4 is 11.6 Å². The van der Waals surface area contributed by atoms with E-state index in [9.17, 15) is 9.18 Å². The summed E-state index contributed by atoms with van der Waals surface area (Å²) in [5.74, 6) is 0.0517. The van der Waals surface area contributed by atoms with Gasteiger partial charge in [-0.1, -0.05) is 23.7 Å². The Balaban J connectivity index is 1.62. The molecule has 146 valence electrons. The average molecular weight is 412 g/mol. The second kappa shape index (κ2) is 7.84. The van der Waals surface area contributed by atoms with Crippen molar-refractivity contribution < 1.29 is 9.13 Å². The van der Waals surface area contributed by atoms with Crippen LogP contribution in [0.5, 0.6) is 5.88 Å². The molecule has 2 heterocycles. The fraction of sp³-hybridized carbons (Fsp3) is 0.100. The quantitative estimate of drug-likeness (QED) is 0.503. The number of hydrogen-bond donors (Lipinski definition) is 0. The standard InChI is InChI=1S/C20H15ClFN5O2/c1-26-20(28)27(25-24-26)18-6-2-4-16(21)15(18)12-29-19-7-3-5-17(23-19)13-8-10-14(22)11-9-13/h2-11H,12H2,1H3. The first-order valence-corrected chi connectivity index (χ1v) is 9.03. The van der Waals surface area contributed by atoms with Crippen molar-refractivity contribution in [1.82, 2.24) is 24.8 Å². The maximum atomic E-state index is 13.1. The van der Waals surface area contributed by atoms with Crippen LogP contribution >= 0.6 is 11.6 Å². The lowest BCUT2D eigenvalue weighted by molar-refractivity contribution is 0.294. The summed E-state index contributed by atoms with van der Waals surface area (Å²) in [6, 6.07) is 16.5. The zero-order chi connectivity index (χ0) is 20.4. The molecule has 0 aliphatic heterocycles. The lowest BCUT2D eigenvalue weighted by atomic mass is 10.1. The number of aryl methyl sites for hydroxylation is 1. The summed E-state index contributed by atoms with van der Waals surface area (Å²) < 4.78 is 21.3. The lowest BCUT2D eigenvalue weighted by Gasteiger charge is -2.12. The Morgan fingerprint density at radius 2 is 1.79 bits per heavy atom. The maximum absolute atomic E-state index is 13.1. The zero-order valence-corrected chi connectivity index (χ0v) is 16.0. The first kappa shape index (κ1) is 18.8. The van der Waals surface area contributed by atoms with E-state index in [1.165, 1.54) is 19.2 Å². The molecule has 0 saturated carbocycles. The van der Waals surface area contributed by atoms with Gasteiger partial charge in [0.2, 0.25) is 5.88 Å². The van der Waals surface area contributed by atoms with Crippen molar-refractivity contribution in [2.24, 2.45) is 7.05 Å². The lowest BCUT2D eigenvalue weighted by Crippen LogP contribution is -2.23. The van der Waals surface area contributed by atoms with E-state index < -0.39 is 5.69 Å². The normalized spacial score (nSPS) is 10.9. The molecule has 0 aliphatic rings. The van der Waals surface area contributed by atoms with Gasteiger partial charge in [-0.25, -0.2) is 14.2 Å². The number of rotatable bonds is 5. The Kier molecular flexibility index (Phi) is 5.09. The summed E-state index contributed by atoms with van der Waals surface area (Å²) in [5, 5.41) is 8.01. The summed E-state index contributed by atoms with van der Waals surface area (Å²) in [4.78, 5) is 16.7. The third kappa shape index (κ3) is 3.88. The Bertz CT molecular complexity index is 1220. The van der Waals surface area contributed by atoms with Gasteiger partial charge in [-0.3, -0.25) is 0 Å². The molecule has 0 radical (unpaired) electrons. The molecule has 2 aromatic carbocycles. The second-order valence-electron chi connectivity index (χ2n) is 6.19. The smallest absolute Gasteiger partial charge is 0.368 e. The van der Waals surface area contributed by atoms with Crippen LogP contribution in [-0.4, -0.2) is 24.8 Å². The highest BCUT2D eigenvalue weighted by Crippen LogP contribution is 2.25. The minimum absolute atomic E-state index is 0.0674. The van der Waals surface area contributed by atoms with E-state index in [-0.39, 0.29) is 12.4 Å². The van der Waals surface area contributed by atoms with Crippen LogP contribution < -0.4 is 10.4 Å². The van der Waals surface area contributed by atoms with Crippen molar-refractivity contribution in [3.63, 3.8) is 0 Å². The van der Waals surface area contributed by atoms with Crippen LogP contribution in [-0.2, 0) is 13.7 Å². The van der Waals surface area contributed by atoms with Crippen LogP contribution in [0.2, 0.25) is 5.02 Å². The first-order valence-electron chi connectivity index (χ1n) is 8.65. The molecule has 0 bridgehead atoms. The van der Waals surface area contributed by atoms with Crippen molar-refractivity contribution in [2.45, 2.75) is 6.61 Å². The average Bonchev–Trinajstić information content (AvgIpc) is 3.06. The molecule has 0 aliphatic carbocycles. The molecule has 9 heteroatoms. The van der Waals surface area contributed by atoms with Gasteiger partial charge in [0.15, 0.2) is 0 Å².